The molecule has 0 spiro atoms. The Balaban J connectivity index is 0.00000160. The average molecular weight is 418 g/mol. The second-order valence-electron chi connectivity index (χ2n) is 7.46. The molecule has 0 fully saturated rings. The SMILES string of the molecule is C.C.NCCC(F)(F)CN(Cc1nc2ccccc2[nH]1)C1CCCc2cccnc21. The number of rotatable bonds is 7. The molecular weight excluding hydrogens is 384 g/mol. The number of aryl methyl sites for hydroxylation is 1. The van der Waals surface area contributed by atoms with E-state index in [4.69, 9.17) is 5.73 Å². The Morgan fingerprint density at radius 2 is 1.97 bits per heavy atom. The number of nitrogens with zero attached hydrogens (tertiary/aromatic N) is 3. The van der Waals surface area contributed by atoms with Crippen LogP contribution in [0.1, 0.15) is 57.2 Å². The van der Waals surface area contributed by atoms with Gasteiger partial charge < -0.3 is 10.7 Å². The number of aromatic amines is 1. The molecule has 0 radical (unpaired) electrons. The Bertz CT molecular complexity index is 907. The molecule has 2 heterocycles. The molecule has 0 bridgehead atoms. The van der Waals surface area contributed by atoms with Crippen LogP contribution in [0.3, 0.4) is 0 Å². The van der Waals surface area contributed by atoms with Gasteiger partial charge >= 0.3 is 0 Å². The molecule has 0 saturated carbocycles. The fourth-order valence-electron chi connectivity index (χ4n) is 4.08. The highest BCUT2D eigenvalue weighted by Crippen LogP contribution is 2.35. The zero-order chi connectivity index (χ0) is 19.6. The lowest BCUT2D eigenvalue weighted by Crippen LogP contribution is -2.41. The molecule has 1 unspecified atom stereocenters. The molecule has 3 aromatic rings. The van der Waals surface area contributed by atoms with Gasteiger partial charge in [-0.15, -0.1) is 0 Å². The summed E-state index contributed by atoms with van der Waals surface area (Å²) in [6.07, 6.45) is 4.13. The van der Waals surface area contributed by atoms with Crippen LogP contribution in [0, 0.1) is 0 Å². The van der Waals surface area contributed by atoms with Gasteiger partial charge in [-0.1, -0.05) is 33.1 Å². The van der Waals surface area contributed by atoms with Gasteiger partial charge in [-0.3, -0.25) is 9.88 Å². The van der Waals surface area contributed by atoms with Crippen molar-refractivity contribution >= 4 is 11.0 Å². The van der Waals surface area contributed by atoms with Crippen molar-refractivity contribution in [3.63, 3.8) is 0 Å². The highest BCUT2D eigenvalue weighted by atomic mass is 19.3. The summed E-state index contributed by atoms with van der Waals surface area (Å²) in [5, 5.41) is 0. The molecule has 30 heavy (non-hydrogen) atoms. The lowest BCUT2D eigenvalue weighted by molar-refractivity contribution is -0.0526. The number of H-pyrrole nitrogens is 1. The third-order valence-electron chi connectivity index (χ3n) is 5.34. The van der Waals surface area contributed by atoms with Crippen LogP contribution in [0.4, 0.5) is 8.78 Å². The lowest BCUT2D eigenvalue weighted by Gasteiger charge is -2.36. The first-order valence-electron chi connectivity index (χ1n) is 9.75. The zero-order valence-electron chi connectivity index (χ0n) is 15.7. The number of hydrogen-bond acceptors (Lipinski definition) is 4. The number of nitrogens with one attached hydrogen (secondary N) is 1. The number of hydrogen-bond donors (Lipinski definition) is 2. The lowest BCUT2D eigenvalue weighted by atomic mass is 9.90. The maximum atomic E-state index is 14.5. The highest BCUT2D eigenvalue weighted by molar-refractivity contribution is 5.74. The summed E-state index contributed by atoms with van der Waals surface area (Å²) in [5.41, 5.74) is 9.23. The molecule has 1 aliphatic rings. The van der Waals surface area contributed by atoms with Gasteiger partial charge in [-0.2, -0.15) is 0 Å². The van der Waals surface area contributed by atoms with Crippen molar-refractivity contribution in [3.05, 3.63) is 59.7 Å². The Labute approximate surface area is 177 Å². The Morgan fingerprint density at radius 1 is 1.17 bits per heavy atom. The van der Waals surface area contributed by atoms with Crippen molar-refractivity contribution in [3.8, 4) is 0 Å². The zero-order valence-corrected chi connectivity index (χ0v) is 15.7. The van der Waals surface area contributed by atoms with E-state index in [-0.39, 0.29) is 40.4 Å². The highest BCUT2D eigenvalue weighted by Gasteiger charge is 2.36. The van der Waals surface area contributed by atoms with E-state index in [0.29, 0.717) is 12.4 Å². The molecule has 164 valence electrons. The second kappa shape index (κ2) is 10.1. The monoisotopic (exact) mass is 417 g/mol. The minimum Gasteiger partial charge on any atom is -0.341 e. The predicted octanol–water partition coefficient (Wildman–Crippen LogP) is 5.09. The van der Waals surface area contributed by atoms with Crippen LogP contribution in [0.5, 0.6) is 0 Å². The molecular formula is C23H33F2N5. The van der Waals surface area contributed by atoms with Crippen molar-refractivity contribution in [2.75, 3.05) is 13.1 Å². The van der Waals surface area contributed by atoms with Gasteiger partial charge in [-0.25, -0.2) is 13.8 Å². The molecule has 0 saturated heterocycles. The van der Waals surface area contributed by atoms with Gasteiger partial charge in [0.25, 0.3) is 5.92 Å². The molecule has 4 rings (SSSR count). The number of nitrogens with two attached hydrogens (primary N) is 1. The molecule has 0 aliphatic heterocycles. The van der Waals surface area contributed by atoms with Gasteiger partial charge in [-0.05, 0) is 49.6 Å². The van der Waals surface area contributed by atoms with E-state index < -0.39 is 5.92 Å². The van der Waals surface area contributed by atoms with E-state index in [0.717, 1.165) is 41.6 Å². The van der Waals surface area contributed by atoms with E-state index >= 15 is 0 Å². The standard InChI is InChI=1S/C21H25F2N5.2CH4/c22-21(23,10-11-24)14-28(13-19-26-16-7-1-2-8-17(16)27-19)18-9-3-5-15-6-4-12-25-20(15)18;;/h1-2,4,6-8,12,18H,3,5,9-11,13-14,24H2,(H,26,27);2*1H4. The van der Waals surface area contributed by atoms with Crippen molar-refractivity contribution < 1.29 is 8.78 Å². The predicted molar refractivity (Wildman–Crippen MR) is 119 cm³/mol. The normalized spacial score (nSPS) is 16.1. The number of para-hydroxylation sites is 2. The largest absolute Gasteiger partial charge is 0.341 e. The summed E-state index contributed by atoms with van der Waals surface area (Å²) >= 11 is 0. The summed E-state index contributed by atoms with van der Waals surface area (Å²) in [6.45, 7) is -0.0809. The molecule has 3 N–H and O–H groups in total. The van der Waals surface area contributed by atoms with E-state index in [1.165, 1.54) is 0 Å². The first-order valence-corrected chi connectivity index (χ1v) is 9.75. The van der Waals surface area contributed by atoms with Gasteiger partial charge in [0.2, 0.25) is 0 Å². The summed E-state index contributed by atoms with van der Waals surface area (Å²) < 4.78 is 29.1. The number of aromatic nitrogens is 3. The topological polar surface area (TPSA) is 70.8 Å². The van der Waals surface area contributed by atoms with Crippen molar-refractivity contribution in [1.29, 1.82) is 0 Å². The number of halogens is 2. The average Bonchev–Trinajstić information content (AvgIpc) is 3.09. The Hall–Kier alpha value is -2.38. The molecule has 7 heteroatoms. The minimum absolute atomic E-state index is 0. The van der Waals surface area contributed by atoms with Crippen LogP contribution in [0.15, 0.2) is 42.6 Å². The van der Waals surface area contributed by atoms with Crippen molar-refractivity contribution in [2.45, 2.75) is 59.0 Å². The molecule has 1 aliphatic carbocycles. The molecule has 5 nitrogen and oxygen atoms in total. The van der Waals surface area contributed by atoms with Crippen molar-refractivity contribution in [1.82, 2.24) is 19.9 Å². The summed E-state index contributed by atoms with van der Waals surface area (Å²) in [7, 11) is 0. The van der Waals surface area contributed by atoms with Crippen LogP contribution in [0.2, 0.25) is 0 Å². The fraction of sp³-hybridized carbons (Fsp3) is 0.478. The minimum atomic E-state index is -2.85. The quantitative estimate of drug-likeness (QED) is 0.561. The summed E-state index contributed by atoms with van der Waals surface area (Å²) in [6, 6.07) is 11.5. The fourth-order valence-corrected chi connectivity index (χ4v) is 4.08. The van der Waals surface area contributed by atoms with Gasteiger partial charge in [0.15, 0.2) is 0 Å². The van der Waals surface area contributed by atoms with Crippen LogP contribution in [0.25, 0.3) is 11.0 Å². The maximum absolute atomic E-state index is 14.5. The third-order valence-corrected chi connectivity index (χ3v) is 5.34. The summed E-state index contributed by atoms with van der Waals surface area (Å²) in [4.78, 5) is 14.2. The third kappa shape index (κ3) is 5.21. The number of alkyl halides is 2. The second-order valence-corrected chi connectivity index (χ2v) is 7.46. The van der Waals surface area contributed by atoms with Crippen LogP contribution >= 0.6 is 0 Å². The van der Waals surface area contributed by atoms with Crippen LogP contribution < -0.4 is 5.73 Å². The number of fused-ring (bicyclic) bond motifs is 2. The molecule has 1 aromatic carbocycles. The molecule has 0 amide bonds. The van der Waals surface area contributed by atoms with E-state index in [9.17, 15) is 8.78 Å². The molecule has 2 aromatic heterocycles. The smallest absolute Gasteiger partial charge is 0.261 e. The van der Waals surface area contributed by atoms with Gasteiger partial charge in [0, 0.05) is 12.6 Å². The number of imidazole rings is 1. The van der Waals surface area contributed by atoms with E-state index in [2.05, 4.69) is 15.0 Å². The number of benzene rings is 1. The van der Waals surface area contributed by atoms with Crippen LogP contribution in [-0.2, 0) is 13.0 Å². The Morgan fingerprint density at radius 3 is 2.73 bits per heavy atom. The first-order chi connectivity index (χ1) is 13.6. The van der Waals surface area contributed by atoms with Gasteiger partial charge in [0.05, 0.1) is 35.9 Å². The Kier molecular flexibility index (Phi) is 8.03. The van der Waals surface area contributed by atoms with Gasteiger partial charge in [0.1, 0.15) is 5.82 Å². The van der Waals surface area contributed by atoms with Crippen molar-refractivity contribution in [2.24, 2.45) is 5.73 Å². The number of pyridine rings is 1. The first kappa shape index (κ1) is 23.9. The summed E-state index contributed by atoms with van der Waals surface area (Å²) in [5.74, 6) is -2.17. The maximum Gasteiger partial charge on any atom is 0.261 e. The van der Waals surface area contributed by atoms with E-state index in [1.807, 2.05) is 41.3 Å². The van der Waals surface area contributed by atoms with Crippen LogP contribution in [-0.4, -0.2) is 38.9 Å². The van der Waals surface area contributed by atoms with E-state index in [1.54, 1.807) is 6.20 Å². The molecule has 1 atom stereocenters.